The fourth-order valence-electron chi connectivity index (χ4n) is 1.25. The lowest BCUT2D eigenvalue weighted by Gasteiger charge is -2.10. The summed E-state index contributed by atoms with van der Waals surface area (Å²) in [6.45, 7) is 9.70. The molecule has 0 saturated carbocycles. The smallest absolute Gasteiger partial charge is 0.0765 e. The first-order valence-corrected chi connectivity index (χ1v) is 5.19. The molecule has 0 radical (unpaired) electrons. The molecule has 1 nitrogen and oxygen atoms in total. The molecule has 15 heavy (non-hydrogen) atoms. The van der Waals surface area contributed by atoms with Gasteiger partial charge in [-0.25, -0.2) is 0 Å². The Morgan fingerprint density at radius 2 is 1.87 bits per heavy atom. The first kappa shape index (κ1) is 11.7. The summed E-state index contributed by atoms with van der Waals surface area (Å²) in [5.41, 5.74) is 2.99. The average molecular weight is 217 g/mol. The highest BCUT2D eigenvalue weighted by Crippen LogP contribution is 2.10. The number of hydrogen-bond donors (Lipinski definition) is 1. The van der Waals surface area contributed by atoms with Crippen molar-refractivity contribution in [3.05, 3.63) is 60.3 Å². The molecule has 1 aromatic rings. The Morgan fingerprint density at radius 3 is 2.40 bits per heavy atom. The number of thiocarbonyl (C=S) groups is 1. The summed E-state index contributed by atoms with van der Waals surface area (Å²) in [4.78, 5) is 0.717. The molecule has 1 N–H and O–H groups in total. The van der Waals surface area contributed by atoms with E-state index in [1.807, 2.05) is 25.1 Å². The van der Waals surface area contributed by atoms with Gasteiger partial charge in [0.15, 0.2) is 0 Å². The molecule has 0 bridgehead atoms. The van der Waals surface area contributed by atoms with Gasteiger partial charge < -0.3 is 5.32 Å². The molecule has 1 aromatic carbocycles. The predicted molar refractivity (Wildman–Crippen MR) is 69.8 cm³/mol. The van der Waals surface area contributed by atoms with Gasteiger partial charge in [0.25, 0.3) is 0 Å². The second kappa shape index (κ2) is 5.47. The maximum atomic E-state index is 4.94. The van der Waals surface area contributed by atoms with Crippen LogP contribution in [0.4, 0.5) is 0 Å². The van der Waals surface area contributed by atoms with E-state index in [-0.39, 0.29) is 0 Å². The van der Waals surface area contributed by atoms with Crippen molar-refractivity contribution in [2.24, 2.45) is 0 Å². The van der Waals surface area contributed by atoms with Crippen LogP contribution in [0.15, 0.2) is 54.8 Å². The molecule has 0 heterocycles. The lowest BCUT2D eigenvalue weighted by atomic mass is 10.0. The Balaban J connectivity index is 2.56. The van der Waals surface area contributed by atoms with E-state index < -0.39 is 0 Å². The molecule has 0 unspecified atom stereocenters. The van der Waals surface area contributed by atoms with E-state index in [0.29, 0.717) is 4.99 Å². The largest absolute Gasteiger partial charge is 0.351 e. The summed E-state index contributed by atoms with van der Waals surface area (Å²) in [5.74, 6) is 0. The van der Waals surface area contributed by atoms with Crippen molar-refractivity contribution >= 4 is 17.2 Å². The Hall–Kier alpha value is -1.41. The molecule has 2 heteroatoms. The minimum Gasteiger partial charge on any atom is -0.351 e. The van der Waals surface area contributed by atoms with Crippen LogP contribution in [0.1, 0.15) is 12.5 Å². The van der Waals surface area contributed by atoms with Crippen molar-refractivity contribution in [3.8, 4) is 0 Å². The zero-order chi connectivity index (χ0) is 11.3. The minimum atomic E-state index is 0.717. The zero-order valence-corrected chi connectivity index (χ0v) is 9.73. The Labute approximate surface area is 96.5 Å². The highest BCUT2D eigenvalue weighted by Gasteiger charge is 2.01. The highest BCUT2D eigenvalue weighted by molar-refractivity contribution is 7.80. The minimum absolute atomic E-state index is 0.717. The third kappa shape index (κ3) is 4.09. The van der Waals surface area contributed by atoms with Crippen LogP contribution in [0.5, 0.6) is 0 Å². The van der Waals surface area contributed by atoms with Gasteiger partial charge in [-0.15, -0.1) is 0 Å². The van der Waals surface area contributed by atoms with E-state index in [0.717, 1.165) is 17.7 Å². The van der Waals surface area contributed by atoms with E-state index in [1.54, 1.807) is 0 Å². The van der Waals surface area contributed by atoms with Crippen LogP contribution in [-0.4, -0.2) is 4.99 Å². The SMILES string of the molecule is C=C(Cc1ccccc1)C(=C)NC(C)=S. The molecule has 0 atom stereocenters. The first-order valence-electron chi connectivity index (χ1n) is 4.78. The monoisotopic (exact) mass is 217 g/mol. The van der Waals surface area contributed by atoms with Crippen LogP contribution in [0.3, 0.4) is 0 Å². The summed E-state index contributed by atoms with van der Waals surface area (Å²) in [7, 11) is 0. The number of allylic oxidation sites excluding steroid dienone is 1. The van der Waals surface area contributed by atoms with Gasteiger partial charge in [0.05, 0.1) is 4.99 Å². The molecule has 0 aliphatic carbocycles. The second-order valence-corrected chi connectivity index (χ2v) is 4.04. The van der Waals surface area contributed by atoms with Gasteiger partial charge >= 0.3 is 0 Å². The first-order chi connectivity index (χ1) is 7.09. The number of hydrogen-bond acceptors (Lipinski definition) is 1. The van der Waals surface area contributed by atoms with Crippen molar-refractivity contribution in [2.75, 3.05) is 0 Å². The van der Waals surface area contributed by atoms with Crippen molar-refractivity contribution in [3.63, 3.8) is 0 Å². The van der Waals surface area contributed by atoms with E-state index in [1.165, 1.54) is 5.56 Å². The molecule has 1 rings (SSSR count). The van der Waals surface area contributed by atoms with Crippen molar-refractivity contribution < 1.29 is 0 Å². The van der Waals surface area contributed by atoms with Crippen LogP contribution in [-0.2, 0) is 6.42 Å². The molecule has 0 aliphatic heterocycles. The highest BCUT2D eigenvalue weighted by atomic mass is 32.1. The molecule has 0 amide bonds. The standard InChI is InChI=1S/C13H15NS/c1-10(11(2)14-12(3)15)9-13-7-5-4-6-8-13/h4-8H,1-2,9H2,3H3,(H,14,15). The Morgan fingerprint density at radius 1 is 1.27 bits per heavy atom. The molecule has 0 aromatic heterocycles. The van der Waals surface area contributed by atoms with Gasteiger partial charge in [0, 0.05) is 5.70 Å². The van der Waals surface area contributed by atoms with Gasteiger partial charge in [0.1, 0.15) is 0 Å². The van der Waals surface area contributed by atoms with Crippen LogP contribution < -0.4 is 5.32 Å². The van der Waals surface area contributed by atoms with Gasteiger partial charge in [-0.05, 0) is 24.5 Å². The molecule has 0 aliphatic rings. The predicted octanol–water partition coefficient (Wildman–Crippen LogP) is 3.24. The summed E-state index contributed by atoms with van der Waals surface area (Å²) in [6, 6.07) is 10.2. The summed E-state index contributed by atoms with van der Waals surface area (Å²) in [5, 5.41) is 3.00. The molecule has 0 spiro atoms. The topological polar surface area (TPSA) is 12.0 Å². The second-order valence-electron chi connectivity index (χ2n) is 3.43. The molecular weight excluding hydrogens is 202 g/mol. The van der Waals surface area contributed by atoms with Gasteiger partial charge in [-0.2, -0.15) is 0 Å². The normalized spacial score (nSPS) is 9.40. The number of rotatable bonds is 4. The van der Waals surface area contributed by atoms with Crippen molar-refractivity contribution in [1.82, 2.24) is 5.32 Å². The molecular formula is C13H15NS. The maximum Gasteiger partial charge on any atom is 0.0765 e. The zero-order valence-electron chi connectivity index (χ0n) is 8.92. The number of nitrogens with one attached hydrogen (secondary N) is 1. The van der Waals surface area contributed by atoms with Crippen LogP contribution >= 0.6 is 12.2 Å². The van der Waals surface area contributed by atoms with E-state index in [9.17, 15) is 0 Å². The van der Waals surface area contributed by atoms with Gasteiger partial charge in [-0.1, -0.05) is 55.7 Å². The summed E-state index contributed by atoms with van der Waals surface area (Å²) < 4.78 is 0. The molecule has 78 valence electrons. The molecule has 0 fully saturated rings. The Bertz CT molecular complexity index is 379. The quantitative estimate of drug-likeness (QED) is 0.614. The third-order valence-corrected chi connectivity index (χ3v) is 2.12. The van der Waals surface area contributed by atoms with Gasteiger partial charge in [-0.3, -0.25) is 0 Å². The van der Waals surface area contributed by atoms with E-state index in [4.69, 9.17) is 12.2 Å². The lowest BCUT2D eigenvalue weighted by Crippen LogP contribution is -2.18. The van der Waals surface area contributed by atoms with Crippen molar-refractivity contribution in [2.45, 2.75) is 13.3 Å². The fraction of sp³-hybridized carbons (Fsp3) is 0.154. The van der Waals surface area contributed by atoms with Crippen molar-refractivity contribution in [1.29, 1.82) is 0 Å². The third-order valence-electron chi connectivity index (χ3n) is 2.01. The van der Waals surface area contributed by atoms with Crippen LogP contribution in [0.2, 0.25) is 0 Å². The fourth-order valence-corrected chi connectivity index (χ4v) is 1.37. The Kier molecular flexibility index (Phi) is 4.25. The molecule has 0 saturated heterocycles. The average Bonchev–Trinajstić information content (AvgIpc) is 2.18. The van der Waals surface area contributed by atoms with Crippen LogP contribution in [0, 0.1) is 0 Å². The van der Waals surface area contributed by atoms with Gasteiger partial charge in [0.2, 0.25) is 0 Å². The van der Waals surface area contributed by atoms with Crippen LogP contribution in [0.25, 0.3) is 0 Å². The summed E-state index contributed by atoms with van der Waals surface area (Å²) in [6.07, 6.45) is 0.801. The maximum absolute atomic E-state index is 4.94. The lowest BCUT2D eigenvalue weighted by molar-refractivity contribution is 1.07. The van der Waals surface area contributed by atoms with E-state index in [2.05, 4.69) is 30.6 Å². The van der Waals surface area contributed by atoms with E-state index >= 15 is 0 Å². The summed E-state index contributed by atoms with van der Waals surface area (Å²) >= 11 is 4.94. The number of benzene rings is 1.